The molecule has 0 spiro atoms. The molecule has 2 aromatic rings. The highest BCUT2D eigenvalue weighted by Gasteiger charge is 2.42. The Balaban J connectivity index is 1.63. The van der Waals surface area contributed by atoms with E-state index in [0.29, 0.717) is 6.54 Å². The first kappa shape index (κ1) is 10.1. The van der Waals surface area contributed by atoms with Gasteiger partial charge in [-0.1, -0.05) is 0 Å². The van der Waals surface area contributed by atoms with Crippen molar-refractivity contribution in [2.24, 2.45) is 11.8 Å². The summed E-state index contributed by atoms with van der Waals surface area (Å²) in [7, 11) is 0. The third-order valence-electron chi connectivity index (χ3n) is 3.14. The van der Waals surface area contributed by atoms with E-state index in [1.807, 2.05) is 18.2 Å². The average Bonchev–Trinajstić information content (AvgIpc) is 2.95. The highest BCUT2D eigenvalue weighted by atomic mass is 16.4. The number of aliphatic carboxylic acids is 1. The number of benzene rings is 1. The first-order chi connectivity index (χ1) is 8.24. The van der Waals surface area contributed by atoms with E-state index in [1.54, 1.807) is 0 Å². The second kappa shape index (κ2) is 3.76. The van der Waals surface area contributed by atoms with E-state index < -0.39 is 5.97 Å². The van der Waals surface area contributed by atoms with E-state index >= 15 is 0 Å². The lowest BCUT2D eigenvalue weighted by Crippen LogP contribution is -2.08. The van der Waals surface area contributed by atoms with Gasteiger partial charge in [0.05, 0.1) is 5.92 Å². The van der Waals surface area contributed by atoms with Gasteiger partial charge in [-0.25, -0.2) is 4.98 Å². The van der Waals surface area contributed by atoms with Crippen molar-refractivity contribution in [1.29, 1.82) is 0 Å². The summed E-state index contributed by atoms with van der Waals surface area (Å²) in [5, 5.41) is 12.0. The molecule has 1 aromatic carbocycles. The number of carbonyl (C=O) groups is 1. The number of oxazole rings is 1. The van der Waals surface area contributed by atoms with Crippen molar-refractivity contribution in [3.05, 3.63) is 24.6 Å². The van der Waals surface area contributed by atoms with Crippen LogP contribution in [0.5, 0.6) is 0 Å². The molecule has 2 N–H and O–H groups in total. The van der Waals surface area contributed by atoms with Crippen molar-refractivity contribution in [3.8, 4) is 0 Å². The fourth-order valence-corrected chi connectivity index (χ4v) is 1.99. The Labute approximate surface area is 97.5 Å². The largest absolute Gasteiger partial charge is 0.481 e. The zero-order valence-corrected chi connectivity index (χ0v) is 9.09. The van der Waals surface area contributed by atoms with Gasteiger partial charge in [-0.15, -0.1) is 0 Å². The summed E-state index contributed by atoms with van der Waals surface area (Å²) in [5.41, 5.74) is 2.50. The molecule has 3 rings (SSSR count). The van der Waals surface area contributed by atoms with Gasteiger partial charge in [0.15, 0.2) is 12.0 Å². The first-order valence-corrected chi connectivity index (χ1v) is 5.54. The van der Waals surface area contributed by atoms with E-state index in [4.69, 9.17) is 9.52 Å². The van der Waals surface area contributed by atoms with Gasteiger partial charge in [-0.3, -0.25) is 4.79 Å². The summed E-state index contributed by atoms with van der Waals surface area (Å²) in [6.07, 6.45) is 2.18. The number of aromatic nitrogens is 1. The highest BCUT2D eigenvalue weighted by Crippen LogP contribution is 2.38. The van der Waals surface area contributed by atoms with Crippen LogP contribution in [0.3, 0.4) is 0 Å². The number of rotatable bonds is 4. The third-order valence-corrected chi connectivity index (χ3v) is 3.14. The van der Waals surface area contributed by atoms with E-state index in [9.17, 15) is 4.79 Å². The summed E-state index contributed by atoms with van der Waals surface area (Å²) in [6.45, 7) is 0.691. The summed E-state index contributed by atoms with van der Waals surface area (Å²) in [5.74, 6) is -0.614. The van der Waals surface area contributed by atoms with Gasteiger partial charge in [0.2, 0.25) is 0 Å². The molecule has 1 fully saturated rings. The van der Waals surface area contributed by atoms with Crippen molar-refractivity contribution in [1.82, 2.24) is 4.98 Å². The molecule has 1 heterocycles. The Kier molecular flexibility index (Phi) is 2.24. The van der Waals surface area contributed by atoms with Crippen LogP contribution in [0.4, 0.5) is 5.69 Å². The zero-order chi connectivity index (χ0) is 11.8. The van der Waals surface area contributed by atoms with E-state index in [0.717, 1.165) is 23.2 Å². The van der Waals surface area contributed by atoms with Gasteiger partial charge in [0.1, 0.15) is 5.52 Å². The second-order valence-corrected chi connectivity index (χ2v) is 4.36. The lowest BCUT2D eigenvalue weighted by molar-refractivity contribution is -0.138. The number of carboxylic acid groups (broad SMARTS) is 1. The van der Waals surface area contributed by atoms with E-state index in [2.05, 4.69) is 10.3 Å². The summed E-state index contributed by atoms with van der Waals surface area (Å²) in [4.78, 5) is 14.7. The van der Waals surface area contributed by atoms with Gasteiger partial charge in [0, 0.05) is 18.3 Å². The first-order valence-electron chi connectivity index (χ1n) is 5.54. The van der Waals surface area contributed by atoms with Crippen LogP contribution in [0.15, 0.2) is 29.0 Å². The van der Waals surface area contributed by atoms with Crippen molar-refractivity contribution in [2.45, 2.75) is 6.42 Å². The van der Waals surface area contributed by atoms with Gasteiger partial charge >= 0.3 is 5.97 Å². The normalized spacial score (nSPS) is 22.6. The molecule has 17 heavy (non-hydrogen) atoms. The molecule has 5 nitrogen and oxygen atoms in total. The van der Waals surface area contributed by atoms with E-state index in [-0.39, 0.29) is 11.8 Å². The Morgan fingerprint density at radius 2 is 2.47 bits per heavy atom. The van der Waals surface area contributed by atoms with Crippen molar-refractivity contribution in [2.75, 3.05) is 11.9 Å². The predicted molar refractivity (Wildman–Crippen MR) is 61.7 cm³/mol. The molecule has 0 aliphatic heterocycles. The lowest BCUT2D eigenvalue weighted by Gasteiger charge is -2.04. The van der Waals surface area contributed by atoms with Crippen molar-refractivity contribution in [3.63, 3.8) is 0 Å². The van der Waals surface area contributed by atoms with Crippen LogP contribution < -0.4 is 5.32 Å². The molecule has 1 aromatic heterocycles. The smallest absolute Gasteiger partial charge is 0.306 e. The van der Waals surface area contributed by atoms with Crippen LogP contribution in [-0.2, 0) is 4.79 Å². The molecule has 1 saturated carbocycles. The number of nitrogens with zero attached hydrogens (tertiary/aromatic N) is 1. The quantitative estimate of drug-likeness (QED) is 0.842. The minimum atomic E-state index is -0.692. The Hall–Kier alpha value is -2.04. The number of nitrogens with one attached hydrogen (secondary N) is 1. The van der Waals surface area contributed by atoms with Gasteiger partial charge in [0.25, 0.3) is 0 Å². The Bertz CT molecular complexity index is 564. The van der Waals surface area contributed by atoms with Crippen LogP contribution in [0.2, 0.25) is 0 Å². The van der Waals surface area contributed by atoms with Gasteiger partial charge < -0.3 is 14.8 Å². The second-order valence-electron chi connectivity index (χ2n) is 4.36. The number of carboxylic acids is 1. The fraction of sp³-hybridized carbons (Fsp3) is 0.333. The monoisotopic (exact) mass is 232 g/mol. The SMILES string of the molecule is O=C(O)C1CC1CNc1ccc2ncoc2c1. The maximum atomic E-state index is 10.7. The molecule has 88 valence electrons. The topological polar surface area (TPSA) is 75.4 Å². The highest BCUT2D eigenvalue weighted by molar-refractivity contribution is 5.77. The molecule has 0 amide bonds. The molecule has 2 atom stereocenters. The standard InChI is InChI=1S/C12H12N2O3/c15-12(16)9-3-7(9)5-13-8-1-2-10-11(4-8)17-6-14-10/h1-2,4,6-7,9,13H,3,5H2,(H,15,16). The molecule has 1 aliphatic carbocycles. The summed E-state index contributed by atoms with van der Waals surface area (Å²) >= 11 is 0. The average molecular weight is 232 g/mol. The van der Waals surface area contributed by atoms with Crippen LogP contribution in [-0.4, -0.2) is 22.6 Å². The molecule has 1 aliphatic rings. The minimum absolute atomic E-state index is 0.170. The van der Waals surface area contributed by atoms with Crippen LogP contribution in [0, 0.1) is 11.8 Å². The Morgan fingerprint density at radius 1 is 1.59 bits per heavy atom. The summed E-state index contributed by atoms with van der Waals surface area (Å²) < 4.78 is 5.20. The number of hydrogen-bond acceptors (Lipinski definition) is 4. The molecule has 2 unspecified atom stereocenters. The number of hydrogen-bond donors (Lipinski definition) is 2. The van der Waals surface area contributed by atoms with Crippen LogP contribution in [0.25, 0.3) is 11.1 Å². The predicted octanol–water partition coefficient (Wildman–Crippen LogP) is 1.96. The maximum absolute atomic E-state index is 10.7. The van der Waals surface area contributed by atoms with Crippen LogP contribution >= 0.6 is 0 Å². The minimum Gasteiger partial charge on any atom is -0.481 e. The zero-order valence-electron chi connectivity index (χ0n) is 9.09. The number of fused-ring (bicyclic) bond motifs is 1. The van der Waals surface area contributed by atoms with Gasteiger partial charge in [-0.2, -0.15) is 0 Å². The van der Waals surface area contributed by atoms with Gasteiger partial charge in [-0.05, 0) is 24.5 Å². The molecule has 0 saturated heterocycles. The number of anilines is 1. The van der Waals surface area contributed by atoms with E-state index in [1.165, 1.54) is 6.39 Å². The molecular formula is C12H12N2O3. The van der Waals surface area contributed by atoms with Crippen molar-refractivity contribution < 1.29 is 14.3 Å². The molecule has 0 radical (unpaired) electrons. The summed E-state index contributed by atoms with van der Waals surface area (Å²) in [6, 6.07) is 5.67. The maximum Gasteiger partial charge on any atom is 0.306 e. The Morgan fingerprint density at radius 3 is 3.24 bits per heavy atom. The molecule has 0 bridgehead atoms. The molecule has 5 heteroatoms. The van der Waals surface area contributed by atoms with Crippen molar-refractivity contribution >= 4 is 22.8 Å². The fourth-order valence-electron chi connectivity index (χ4n) is 1.99. The lowest BCUT2D eigenvalue weighted by atomic mass is 10.2. The third kappa shape index (κ3) is 1.95. The van der Waals surface area contributed by atoms with Crippen LogP contribution in [0.1, 0.15) is 6.42 Å². The molecular weight excluding hydrogens is 220 g/mol.